The van der Waals surface area contributed by atoms with Gasteiger partial charge in [0.1, 0.15) is 35.8 Å². The average Bonchev–Trinajstić information content (AvgIpc) is 3.07. The van der Waals surface area contributed by atoms with Crippen molar-refractivity contribution in [1.29, 1.82) is 0 Å². The monoisotopic (exact) mass is 880 g/mol. The molecule has 0 saturated carbocycles. The maximum Gasteiger partial charge on any atom is 0.490 e. The lowest BCUT2D eigenvalue weighted by atomic mass is 10.0. The van der Waals surface area contributed by atoms with Gasteiger partial charge in [-0.3, -0.25) is 33.6 Å². The molecule has 6 amide bonds. The number of thioether (sulfide) groups is 1. The van der Waals surface area contributed by atoms with Gasteiger partial charge < -0.3 is 57.1 Å². The van der Waals surface area contributed by atoms with Crippen molar-refractivity contribution >= 4 is 83.9 Å². The molecule has 0 aromatic heterocycles. The van der Waals surface area contributed by atoms with Crippen molar-refractivity contribution in [2.45, 2.75) is 109 Å². The van der Waals surface area contributed by atoms with E-state index in [2.05, 4.69) is 44.5 Å². The van der Waals surface area contributed by atoms with Crippen LogP contribution >= 0.6 is 24.4 Å². The number of ether oxygens (including phenoxy) is 1. The summed E-state index contributed by atoms with van der Waals surface area (Å²) < 4.78 is 36.9. The Morgan fingerprint density at radius 2 is 1.17 bits per heavy atom. The molecule has 58 heavy (non-hydrogen) atoms. The molecule has 21 nitrogen and oxygen atoms in total. The van der Waals surface area contributed by atoms with Gasteiger partial charge in [0.15, 0.2) is 0 Å². The van der Waals surface area contributed by atoms with E-state index in [4.69, 9.17) is 19.7 Å². The van der Waals surface area contributed by atoms with Crippen LogP contribution in [0.1, 0.15) is 66.7 Å². The number of hydrogen-bond acceptors (Lipinski definition) is 13. The number of thiol groups is 1. The molecule has 0 fully saturated rings. The smallest absolute Gasteiger partial charge is 0.481 e. The minimum absolute atomic E-state index is 0.0558. The summed E-state index contributed by atoms with van der Waals surface area (Å²) in [5, 5.41) is 48.7. The van der Waals surface area contributed by atoms with E-state index in [1.165, 1.54) is 11.8 Å². The van der Waals surface area contributed by atoms with Crippen molar-refractivity contribution in [3.63, 3.8) is 0 Å². The van der Waals surface area contributed by atoms with Crippen LogP contribution in [-0.2, 0) is 47.9 Å². The van der Waals surface area contributed by atoms with Crippen LogP contribution in [0.2, 0.25) is 0 Å². The molecule has 0 aliphatic carbocycles. The van der Waals surface area contributed by atoms with Crippen LogP contribution in [0.3, 0.4) is 0 Å². The van der Waals surface area contributed by atoms with Crippen molar-refractivity contribution in [2.75, 3.05) is 24.3 Å². The summed E-state index contributed by atoms with van der Waals surface area (Å²) >= 11 is 5.39. The van der Waals surface area contributed by atoms with Crippen LogP contribution in [0.4, 0.5) is 18.0 Å². The molecular weight excluding hydrogens is 830 g/mol. The van der Waals surface area contributed by atoms with Crippen LogP contribution in [0.15, 0.2) is 0 Å². The zero-order chi connectivity index (χ0) is 45.6. The Kier molecular flexibility index (Phi) is 25.5. The van der Waals surface area contributed by atoms with E-state index in [1.54, 1.807) is 40.9 Å². The van der Waals surface area contributed by atoms with Gasteiger partial charge in [-0.15, -0.1) is 0 Å². The second-order valence-electron chi connectivity index (χ2n) is 13.5. The number of nitrogens with one attached hydrogen (secondary N) is 6. The Morgan fingerprint density at radius 1 is 0.690 bits per heavy atom. The van der Waals surface area contributed by atoms with Crippen LogP contribution < -0.4 is 31.9 Å². The first-order valence-electron chi connectivity index (χ1n) is 17.1. The largest absolute Gasteiger partial charge is 0.490 e. The molecule has 0 aromatic carbocycles. The molecule has 0 rings (SSSR count). The van der Waals surface area contributed by atoms with Gasteiger partial charge in [-0.25, -0.2) is 14.4 Å². The molecular formula is C32H51F3N6O15S2. The lowest BCUT2D eigenvalue weighted by Gasteiger charge is -2.25. The van der Waals surface area contributed by atoms with Gasteiger partial charge in [0, 0.05) is 12.2 Å². The Bertz CT molecular complexity index is 1460. The molecule has 10 N–H and O–H groups in total. The molecule has 0 unspecified atom stereocenters. The van der Waals surface area contributed by atoms with Gasteiger partial charge in [-0.2, -0.15) is 37.6 Å². The van der Waals surface area contributed by atoms with E-state index in [9.17, 15) is 66.5 Å². The summed E-state index contributed by atoms with van der Waals surface area (Å²) in [5.74, 6) is -11.7. The number of carboxylic acids is 4. The van der Waals surface area contributed by atoms with Gasteiger partial charge in [-0.1, -0.05) is 13.8 Å². The van der Waals surface area contributed by atoms with Crippen molar-refractivity contribution in [1.82, 2.24) is 31.9 Å². The Balaban J connectivity index is 0. The number of halogens is 3. The van der Waals surface area contributed by atoms with Crippen LogP contribution in [0.25, 0.3) is 0 Å². The summed E-state index contributed by atoms with van der Waals surface area (Å²) in [6, 6.07) is -7.10. The summed E-state index contributed by atoms with van der Waals surface area (Å²) in [5.41, 5.74) is -0.876. The highest BCUT2D eigenvalue weighted by Gasteiger charge is 2.38. The van der Waals surface area contributed by atoms with E-state index >= 15 is 0 Å². The fourth-order valence-corrected chi connectivity index (χ4v) is 4.84. The first kappa shape index (κ1) is 55.1. The number of alkyl halides is 3. The summed E-state index contributed by atoms with van der Waals surface area (Å²) in [4.78, 5) is 120. The lowest BCUT2D eigenvalue weighted by molar-refractivity contribution is -0.192. The standard InChI is InChI=1S/C30H50N6O13S2.C2HF3O2/c1-15(2)11-19(28(46)47)35-25(43)16(7-8-22(38)39)33-27(45)20(14-50)32-21(37)13-31-24(42)18(12-23(40)41)34-26(44)17(9-10-51-6)36-29(48)49-30(3,4)5;3-2(4,5)1(6)7/h15-20,50H,7-14H2,1-6H3,(H,31,42)(H,32,37)(H,33,45)(H,34,44)(H,35,43)(H,36,48)(H,38,39)(H,40,41)(H,46,47);(H,6,7)/t16-,17-,18-,19-,20-;/m0./s1. The van der Waals surface area contributed by atoms with Gasteiger partial charge in [0.25, 0.3) is 0 Å². The van der Waals surface area contributed by atoms with Gasteiger partial charge in [0.2, 0.25) is 29.5 Å². The van der Waals surface area contributed by atoms with Crippen LogP contribution in [0.5, 0.6) is 0 Å². The quantitative estimate of drug-likeness (QED) is 0.0588. The highest BCUT2D eigenvalue weighted by molar-refractivity contribution is 7.98. The molecule has 5 atom stereocenters. The topological polar surface area (TPSA) is 333 Å². The van der Waals surface area contributed by atoms with E-state index in [0.717, 1.165) is 0 Å². The van der Waals surface area contributed by atoms with Crippen molar-refractivity contribution in [3.05, 3.63) is 0 Å². The number of amides is 6. The number of rotatable bonds is 23. The lowest BCUT2D eigenvalue weighted by Crippen LogP contribution is -2.58. The third-order valence-electron chi connectivity index (χ3n) is 6.73. The number of hydrogen-bond donors (Lipinski definition) is 11. The summed E-state index contributed by atoms with van der Waals surface area (Å²) in [7, 11) is 0. The van der Waals surface area contributed by atoms with Crippen LogP contribution in [0, 0.1) is 5.92 Å². The second-order valence-corrected chi connectivity index (χ2v) is 14.8. The number of carbonyl (C=O) groups excluding carboxylic acids is 6. The summed E-state index contributed by atoms with van der Waals surface area (Å²) in [6.07, 6.45) is -5.93. The molecule has 0 heterocycles. The maximum absolute atomic E-state index is 13.0. The number of carboxylic acid groups (broad SMARTS) is 4. The fourth-order valence-electron chi connectivity index (χ4n) is 4.11. The highest BCUT2D eigenvalue weighted by Crippen LogP contribution is 2.13. The molecule has 0 aliphatic rings. The maximum atomic E-state index is 13.0. The number of aliphatic carboxylic acids is 4. The van der Waals surface area contributed by atoms with Gasteiger partial charge in [-0.05, 0) is 58.0 Å². The summed E-state index contributed by atoms with van der Waals surface area (Å²) in [6.45, 7) is 7.50. The number of carbonyl (C=O) groups is 10. The fraction of sp³-hybridized carbons (Fsp3) is 0.688. The Hall–Kier alpha value is -5.01. The molecule has 26 heteroatoms. The van der Waals surface area contributed by atoms with Gasteiger partial charge >= 0.3 is 36.1 Å². The second kappa shape index (κ2) is 26.8. The van der Waals surface area contributed by atoms with Crippen molar-refractivity contribution in [2.24, 2.45) is 5.92 Å². The average molecular weight is 881 g/mol. The van der Waals surface area contributed by atoms with Gasteiger partial charge in [0.05, 0.1) is 13.0 Å². The Labute approximate surface area is 340 Å². The third kappa shape index (κ3) is 26.0. The first-order chi connectivity index (χ1) is 26.5. The van der Waals surface area contributed by atoms with Crippen molar-refractivity contribution < 1.29 is 86.3 Å². The molecule has 0 radical (unpaired) electrons. The minimum Gasteiger partial charge on any atom is -0.481 e. The Morgan fingerprint density at radius 3 is 1.59 bits per heavy atom. The third-order valence-corrected chi connectivity index (χ3v) is 7.74. The SMILES string of the molecule is CSCC[C@H](NC(=O)OC(C)(C)C)C(=O)N[C@@H](CC(=O)O)C(=O)NCC(=O)N[C@@H](CS)C(=O)N[C@@H](CCC(=O)O)C(=O)N[C@@H](CC(C)C)C(=O)O.O=C(O)C(F)(F)F. The van der Waals surface area contributed by atoms with E-state index in [0.29, 0.717) is 5.75 Å². The van der Waals surface area contributed by atoms with Crippen LogP contribution in [-0.4, -0.2) is 146 Å². The van der Waals surface area contributed by atoms with E-state index < -0.39 is 127 Å². The molecule has 0 bridgehead atoms. The highest BCUT2D eigenvalue weighted by atomic mass is 32.2. The van der Waals surface area contributed by atoms with E-state index in [1.807, 2.05) is 0 Å². The van der Waals surface area contributed by atoms with Crippen molar-refractivity contribution in [3.8, 4) is 0 Å². The zero-order valence-corrected chi connectivity index (χ0v) is 34.1. The first-order valence-corrected chi connectivity index (χ1v) is 19.1. The number of alkyl carbamates (subject to hydrolysis) is 1. The molecule has 0 aromatic rings. The molecule has 332 valence electrons. The molecule has 0 spiro atoms. The minimum atomic E-state index is -5.08. The zero-order valence-electron chi connectivity index (χ0n) is 32.4. The predicted molar refractivity (Wildman–Crippen MR) is 201 cm³/mol. The normalized spacial score (nSPS) is 13.7. The molecule has 0 aliphatic heterocycles. The molecule has 0 saturated heterocycles. The van der Waals surface area contributed by atoms with E-state index in [-0.39, 0.29) is 24.5 Å². The predicted octanol–water partition coefficient (Wildman–Crippen LogP) is -0.278.